The van der Waals surface area contributed by atoms with E-state index in [-0.39, 0.29) is 24.4 Å². The number of carbonyl (C=O) groups excluding carboxylic acids is 1. The van der Waals surface area contributed by atoms with Crippen LogP contribution in [-0.4, -0.2) is 55.2 Å². The second-order valence-corrected chi connectivity index (χ2v) is 6.75. The lowest BCUT2D eigenvalue weighted by Crippen LogP contribution is -2.37. The van der Waals surface area contributed by atoms with Crippen LogP contribution in [0, 0.1) is 0 Å². The first-order valence-electron chi connectivity index (χ1n) is 6.44. The molecule has 9 heteroatoms. The molecule has 1 aliphatic heterocycles. The van der Waals surface area contributed by atoms with Crippen molar-refractivity contribution >= 4 is 21.9 Å². The van der Waals surface area contributed by atoms with E-state index in [0.717, 1.165) is 12.3 Å². The molecule has 1 aromatic heterocycles. The van der Waals surface area contributed by atoms with Crippen molar-refractivity contribution in [1.29, 1.82) is 0 Å². The second kappa shape index (κ2) is 5.86. The molecule has 2 rings (SSSR count). The summed E-state index contributed by atoms with van der Waals surface area (Å²) in [5, 5.41) is 8.12. The molecule has 1 aromatic rings. The molecule has 116 valence electrons. The Kier molecular flexibility index (Phi) is 4.33. The first kappa shape index (κ1) is 15.5. The molecule has 1 atom stereocenters. The van der Waals surface area contributed by atoms with Crippen LogP contribution in [0.25, 0.3) is 0 Å². The standard InChI is InChI=1S/C12H16N2O6S/c1-2-13-21(18,19)9-3-4-14(6-9)11(15)10-5-8(7-20-10)12(16)17/h5,7,9,13H,2-4,6H2,1H3,(H,16,17). The Balaban J connectivity index is 2.07. The lowest BCUT2D eigenvalue weighted by molar-refractivity contribution is 0.0695. The monoisotopic (exact) mass is 316 g/mol. The number of nitrogens with zero attached hydrogens (tertiary/aromatic N) is 1. The number of carboxylic acids is 1. The molecule has 1 saturated heterocycles. The van der Waals surface area contributed by atoms with E-state index in [1.807, 2.05) is 0 Å². The van der Waals surface area contributed by atoms with Gasteiger partial charge in [0.1, 0.15) is 6.26 Å². The minimum atomic E-state index is -3.44. The number of amides is 1. The van der Waals surface area contributed by atoms with Gasteiger partial charge in [0.2, 0.25) is 10.0 Å². The molecule has 0 saturated carbocycles. The second-order valence-electron chi connectivity index (χ2n) is 4.71. The van der Waals surface area contributed by atoms with Crippen LogP contribution in [0.15, 0.2) is 16.7 Å². The van der Waals surface area contributed by atoms with Crippen LogP contribution in [-0.2, 0) is 10.0 Å². The van der Waals surface area contributed by atoms with Gasteiger partial charge in [0.25, 0.3) is 5.91 Å². The van der Waals surface area contributed by atoms with Crippen molar-refractivity contribution in [1.82, 2.24) is 9.62 Å². The highest BCUT2D eigenvalue weighted by Crippen LogP contribution is 2.19. The zero-order chi connectivity index (χ0) is 15.6. The first-order chi connectivity index (χ1) is 9.85. The van der Waals surface area contributed by atoms with Crippen molar-refractivity contribution in [3.05, 3.63) is 23.7 Å². The van der Waals surface area contributed by atoms with Crippen molar-refractivity contribution in [2.24, 2.45) is 0 Å². The Bertz CT molecular complexity index is 650. The predicted molar refractivity (Wildman–Crippen MR) is 72.6 cm³/mol. The quantitative estimate of drug-likeness (QED) is 0.797. The smallest absolute Gasteiger partial charge is 0.338 e. The van der Waals surface area contributed by atoms with Crippen molar-refractivity contribution in [3.8, 4) is 0 Å². The van der Waals surface area contributed by atoms with E-state index in [9.17, 15) is 18.0 Å². The first-order valence-corrected chi connectivity index (χ1v) is 7.99. The minimum Gasteiger partial charge on any atom is -0.478 e. The van der Waals surface area contributed by atoms with Crippen molar-refractivity contribution in [3.63, 3.8) is 0 Å². The summed E-state index contributed by atoms with van der Waals surface area (Å²) in [6.07, 6.45) is 1.33. The summed E-state index contributed by atoms with van der Waals surface area (Å²) in [7, 11) is -3.44. The molecule has 1 amide bonds. The Morgan fingerprint density at radius 3 is 2.81 bits per heavy atom. The summed E-state index contributed by atoms with van der Waals surface area (Å²) < 4.78 is 31.1. The van der Waals surface area contributed by atoms with Crippen LogP contribution in [0.4, 0.5) is 0 Å². The van der Waals surface area contributed by atoms with Crippen LogP contribution in [0.2, 0.25) is 0 Å². The Labute approximate surface area is 121 Å². The normalized spacial score (nSPS) is 18.9. The van der Waals surface area contributed by atoms with Gasteiger partial charge in [-0.15, -0.1) is 0 Å². The molecule has 1 unspecified atom stereocenters. The van der Waals surface area contributed by atoms with E-state index in [1.165, 1.54) is 4.90 Å². The molecule has 0 aliphatic carbocycles. The SMILES string of the molecule is CCNS(=O)(=O)C1CCN(C(=O)c2cc(C(=O)O)co2)C1. The minimum absolute atomic E-state index is 0.0667. The number of furan rings is 1. The van der Waals surface area contributed by atoms with Gasteiger partial charge in [-0.2, -0.15) is 0 Å². The Hall–Kier alpha value is -1.87. The highest BCUT2D eigenvalue weighted by atomic mass is 32.2. The predicted octanol–water partition coefficient (Wildman–Crippen LogP) is 0.132. The fourth-order valence-electron chi connectivity index (χ4n) is 2.20. The zero-order valence-corrected chi connectivity index (χ0v) is 12.2. The largest absolute Gasteiger partial charge is 0.478 e. The van der Waals surface area contributed by atoms with Crippen LogP contribution in [0.5, 0.6) is 0 Å². The molecule has 0 aromatic carbocycles. The molecule has 1 fully saturated rings. The molecule has 0 radical (unpaired) electrons. The summed E-state index contributed by atoms with van der Waals surface area (Å²) in [4.78, 5) is 24.2. The summed E-state index contributed by atoms with van der Waals surface area (Å²) >= 11 is 0. The molecular weight excluding hydrogens is 300 g/mol. The molecule has 0 spiro atoms. The van der Waals surface area contributed by atoms with Gasteiger partial charge in [-0.05, 0) is 6.42 Å². The van der Waals surface area contributed by atoms with Gasteiger partial charge in [0.05, 0.1) is 10.8 Å². The van der Waals surface area contributed by atoms with E-state index < -0.39 is 27.1 Å². The molecule has 1 aliphatic rings. The van der Waals surface area contributed by atoms with Crippen molar-refractivity contribution in [2.75, 3.05) is 19.6 Å². The Morgan fingerprint density at radius 1 is 1.52 bits per heavy atom. The number of hydrogen-bond acceptors (Lipinski definition) is 5. The molecule has 2 heterocycles. The van der Waals surface area contributed by atoms with Crippen LogP contribution >= 0.6 is 0 Å². The van der Waals surface area contributed by atoms with Crippen LogP contribution in [0.1, 0.15) is 34.3 Å². The average Bonchev–Trinajstić information content (AvgIpc) is 3.08. The number of hydrogen-bond donors (Lipinski definition) is 2. The maximum absolute atomic E-state index is 12.1. The van der Waals surface area contributed by atoms with E-state index in [4.69, 9.17) is 9.52 Å². The number of sulfonamides is 1. The van der Waals surface area contributed by atoms with Gasteiger partial charge in [-0.3, -0.25) is 4.79 Å². The van der Waals surface area contributed by atoms with E-state index >= 15 is 0 Å². The van der Waals surface area contributed by atoms with Gasteiger partial charge in [-0.1, -0.05) is 6.92 Å². The van der Waals surface area contributed by atoms with Crippen molar-refractivity contribution in [2.45, 2.75) is 18.6 Å². The fourth-order valence-corrected chi connectivity index (χ4v) is 3.63. The topological polar surface area (TPSA) is 117 Å². The maximum atomic E-state index is 12.1. The highest BCUT2D eigenvalue weighted by Gasteiger charge is 2.36. The lowest BCUT2D eigenvalue weighted by atomic mass is 10.3. The molecule has 0 bridgehead atoms. The fraction of sp³-hybridized carbons (Fsp3) is 0.500. The van der Waals surface area contributed by atoms with Gasteiger partial charge in [0.15, 0.2) is 5.76 Å². The molecule has 21 heavy (non-hydrogen) atoms. The number of carbonyl (C=O) groups is 2. The summed E-state index contributed by atoms with van der Waals surface area (Å²) in [5.41, 5.74) is -0.116. The lowest BCUT2D eigenvalue weighted by Gasteiger charge is -2.15. The third kappa shape index (κ3) is 3.24. The molecule has 2 N–H and O–H groups in total. The number of rotatable bonds is 5. The van der Waals surface area contributed by atoms with E-state index in [1.54, 1.807) is 6.92 Å². The summed E-state index contributed by atoms with van der Waals surface area (Å²) in [6, 6.07) is 1.14. The third-order valence-electron chi connectivity index (χ3n) is 3.27. The molecular formula is C12H16N2O6S. The number of likely N-dealkylation sites (tertiary alicyclic amines) is 1. The van der Waals surface area contributed by atoms with Crippen molar-refractivity contribution < 1.29 is 27.5 Å². The zero-order valence-electron chi connectivity index (χ0n) is 11.4. The van der Waals surface area contributed by atoms with E-state index in [0.29, 0.717) is 13.0 Å². The number of aromatic carboxylic acids is 1. The van der Waals surface area contributed by atoms with E-state index in [2.05, 4.69) is 4.72 Å². The number of carboxylic acid groups (broad SMARTS) is 1. The summed E-state index contributed by atoms with van der Waals surface area (Å²) in [5.74, 6) is -1.79. The molecule has 8 nitrogen and oxygen atoms in total. The summed E-state index contributed by atoms with van der Waals surface area (Å²) in [6.45, 7) is 2.34. The van der Waals surface area contributed by atoms with Gasteiger partial charge < -0.3 is 14.4 Å². The van der Waals surface area contributed by atoms with Crippen LogP contribution < -0.4 is 4.72 Å². The third-order valence-corrected chi connectivity index (χ3v) is 5.23. The number of nitrogens with one attached hydrogen (secondary N) is 1. The van der Waals surface area contributed by atoms with Gasteiger partial charge in [0, 0.05) is 25.7 Å². The highest BCUT2D eigenvalue weighted by molar-refractivity contribution is 7.90. The van der Waals surface area contributed by atoms with Gasteiger partial charge >= 0.3 is 5.97 Å². The Morgan fingerprint density at radius 2 is 2.24 bits per heavy atom. The van der Waals surface area contributed by atoms with Crippen LogP contribution in [0.3, 0.4) is 0 Å². The average molecular weight is 316 g/mol. The maximum Gasteiger partial charge on any atom is 0.338 e. The van der Waals surface area contributed by atoms with Gasteiger partial charge in [-0.25, -0.2) is 17.9 Å².